The third kappa shape index (κ3) is 6.84. The van der Waals surface area contributed by atoms with Crippen molar-refractivity contribution in [3.63, 3.8) is 0 Å². The summed E-state index contributed by atoms with van der Waals surface area (Å²) in [6.45, 7) is 6.08. The minimum atomic E-state index is -0.573. The fourth-order valence-electron chi connectivity index (χ4n) is 4.09. The number of carbonyl (C=O) groups is 2. The zero-order valence-electron chi connectivity index (χ0n) is 18.9. The first-order valence-electron chi connectivity index (χ1n) is 11.3. The van der Waals surface area contributed by atoms with Crippen LogP contribution in [-0.4, -0.2) is 35.4 Å². The van der Waals surface area contributed by atoms with Gasteiger partial charge in [0.05, 0.1) is 0 Å². The van der Waals surface area contributed by atoms with Crippen LogP contribution in [0.5, 0.6) is 5.75 Å². The quantitative estimate of drug-likeness (QED) is 0.679. The van der Waals surface area contributed by atoms with Crippen LogP contribution in [0.1, 0.15) is 55.7 Å². The summed E-state index contributed by atoms with van der Waals surface area (Å²) >= 11 is 0. The van der Waals surface area contributed by atoms with Crippen molar-refractivity contribution in [2.24, 2.45) is 0 Å². The van der Waals surface area contributed by atoms with Gasteiger partial charge in [-0.05, 0) is 56.9 Å². The van der Waals surface area contributed by atoms with E-state index >= 15 is 0 Å². The number of hydrogen-bond donors (Lipinski definition) is 1. The Morgan fingerprint density at radius 1 is 1.03 bits per heavy atom. The molecule has 2 amide bonds. The Bertz CT molecular complexity index is 890. The number of hydrogen-bond acceptors (Lipinski definition) is 3. The largest absolute Gasteiger partial charge is 0.484 e. The first kappa shape index (κ1) is 22.9. The molecular formula is C26H34N2O3. The first-order valence-corrected chi connectivity index (χ1v) is 11.3. The molecule has 1 aliphatic carbocycles. The van der Waals surface area contributed by atoms with Gasteiger partial charge in [-0.3, -0.25) is 9.59 Å². The summed E-state index contributed by atoms with van der Waals surface area (Å²) in [5.41, 5.74) is 3.20. The second-order valence-corrected chi connectivity index (χ2v) is 8.64. The van der Waals surface area contributed by atoms with Gasteiger partial charge in [-0.15, -0.1) is 0 Å². The summed E-state index contributed by atoms with van der Waals surface area (Å²) in [4.78, 5) is 27.8. The Morgan fingerprint density at radius 2 is 1.71 bits per heavy atom. The lowest BCUT2D eigenvalue weighted by Crippen LogP contribution is -2.51. The molecule has 0 saturated heterocycles. The van der Waals surface area contributed by atoms with E-state index in [4.69, 9.17) is 4.74 Å². The number of benzene rings is 2. The maximum atomic E-state index is 13.1. The van der Waals surface area contributed by atoms with Gasteiger partial charge in [0.2, 0.25) is 5.91 Å². The molecule has 1 atom stereocenters. The van der Waals surface area contributed by atoms with Crippen LogP contribution in [0.15, 0.2) is 48.5 Å². The molecule has 1 aliphatic rings. The monoisotopic (exact) mass is 422 g/mol. The van der Waals surface area contributed by atoms with E-state index in [-0.39, 0.29) is 24.5 Å². The Hall–Kier alpha value is -2.82. The maximum absolute atomic E-state index is 13.1. The van der Waals surface area contributed by atoms with Gasteiger partial charge in [0.1, 0.15) is 11.8 Å². The van der Waals surface area contributed by atoms with Crippen LogP contribution in [0.4, 0.5) is 0 Å². The van der Waals surface area contributed by atoms with Crippen molar-refractivity contribution in [2.75, 3.05) is 6.61 Å². The summed E-state index contributed by atoms with van der Waals surface area (Å²) in [6, 6.07) is 15.3. The lowest BCUT2D eigenvalue weighted by Gasteiger charge is -2.31. The van der Waals surface area contributed by atoms with Crippen LogP contribution >= 0.6 is 0 Å². The number of ether oxygens (including phenoxy) is 1. The van der Waals surface area contributed by atoms with E-state index in [1.54, 1.807) is 11.8 Å². The molecule has 1 unspecified atom stereocenters. The van der Waals surface area contributed by atoms with Crippen molar-refractivity contribution in [3.05, 3.63) is 65.2 Å². The predicted molar refractivity (Wildman–Crippen MR) is 123 cm³/mol. The minimum Gasteiger partial charge on any atom is -0.484 e. The Morgan fingerprint density at radius 3 is 2.39 bits per heavy atom. The molecule has 1 N–H and O–H groups in total. The SMILES string of the molecule is Cc1cccc(CN(C(=O)COc2cccc(C)c2)C(C)C(=O)NC2CCCCC2)c1. The van der Waals surface area contributed by atoms with E-state index < -0.39 is 6.04 Å². The molecule has 0 heterocycles. The molecule has 0 spiro atoms. The summed E-state index contributed by atoms with van der Waals surface area (Å²) in [5.74, 6) is 0.362. The number of nitrogens with zero attached hydrogens (tertiary/aromatic N) is 1. The second-order valence-electron chi connectivity index (χ2n) is 8.64. The van der Waals surface area contributed by atoms with Gasteiger partial charge in [-0.1, -0.05) is 61.2 Å². The fourth-order valence-corrected chi connectivity index (χ4v) is 4.09. The predicted octanol–water partition coefficient (Wildman–Crippen LogP) is 4.55. The van der Waals surface area contributed by atoms with E-state index in [0.29, 0.717) is 12.3 Å². The maximum Gasteiger partial charge on any atom is 0.261 e. The van der Waals surface area contributed by atoms with E-state index in [0.717, 1.165) is 42.4 Å². The van der Waals surface area contributed by atoms with E-state index in [2.05, 4.69) is 5.32 Å². The highest BCUT2D eigenvalue weighted by atomic mass is 16.5. The molecule has 0 bridgehead atoms. The topological polar surface area (TPSA) is 58.6 Å². The van der Waals surface area contributed by atoms with Gasteiger partial charge >= 0.3 is 0 Å². The highest BCUT2D eigenvalue weighted by Crippen LogP contribution is 2.19. The Labute approximate surface area is 185 Å². The average Bonchev–Trinajstić information content (AvgIpc) is 2.76. The van der Waals surface area contributed by atoms with Crippen LogP contribution in [0.2, 0.25) is 0 Å². The van der Waals surface area contributed by atoms with Crippen LogP contribution in [0.3, 0.4) is 0 Å². The van der Waals surface area contributed by atoms with Crippen molar-refractivity contribution in [2.45, 2.75) is 71.5 Å². The highest BCUT2D eigenvalue weighted by molar-refractivity contribution is 5.88. The number of aryl methyl sites for hydroxylation is 2. The number of nitrogens with one attached hydrogen (secondary N) is 1. The molecule has 0 aromatic heterocycles. The first-order chi connectivity index (χ1) is 14.9. The Balaban J connectivity index is 1.70. The van der Waals surface area contributed by atoms with E-state index in [1.165, 1.54) is 6.42 Å². The van der Waals surface area contributed by atoms with E-state index in [9.17, 15) is 9.59 Å². The van der Waals surface area contributed by atoms with Gasteiger partial charge in [-0.2, -0.15) is 0 Å². The molecule has 2 aromatic carbocycles. The Kier molecular flexibility index (Phi) is 8.10. The number of carbonyl (C=O) groups excluding carboxylic acids is 2. The standard InChI is InChI=1S/C26H34N2O3/c1-19-9-7-11-22(15-19)17-28(21(3)26(30)27-23-12-5-4-6-13-23)25(29)18-31-24-14-8-10-20(2)16-24/h7-11,14-16,21,23H,4-6,12-13,17-18H2,1-3H3,(H,27,30). The van der Waals surface area contributed by atoms with Crippen LogP contribution in [-0.2, 0) is 16.1 Å². The van der Waals surface area contributed by atoms with Gasteiger partial charge in [-0.25, -0.2) is 0 Å². The third-order valence-corrected chi connectivity index (χ3v) is 5.91. The molecule has 166 valence electrons. The summed E-state index contributed by atoms with van der Waals surface area (Å²) in [7, 11) is 0. The summed E-state index contributed by atoms with van der Waals surface area (Å²) < 4.78 is 5.75. The normalized spacial score (nSPS) is 15.2. The molecule has 31 heavy (non-hydrogen) atoms. The zero-order valence-corrected chi connectivity index (χ0v) is 18.9. The zero-order chi connectivity index (χ0) is 22.2. The molecule has 5 nitrogen and oxygen atoms in total. The molecule has 5 heteroatoms. The van der Waals surface area contributed by atoms with Crippen molar-refractivity contribution >= 4 is 11.8 Å². The minimum absolute atomic E-state index is 0.0940. The summed E-state index contributed by atoms with van der Waals surface area (Å²) in [5, 5.41) is 3.16. The molecule has 1 fully saturated rings. The van der Waals surface area contributed by atoms with Crippen molar-refractivity contribution < 1.29 is 14.3 Å². The van der Waals surface area contributed by atoms with Gasteiger partial charge in [0, 0.05) is 12.6 Å². The van der Waals surface area contributed by atoms with E-state index in [1.807, 2.05) is 62.4 Å². The van der Waals surface area contributed by atoms with Crippen molar-refractivity contribution in [1.82, 2.24) is 10.2 Å². The molecule has 0 aliphatic heterocycles. The third-order valence-electron chi connectivity index (χ3n) is 5.91. The molecule has 2 aromatic rings. The van der Waals surface area contributed by atoms with Crippen molar-refractivity contribution in [3.8, 4) is 5.75 Å². The lowest BCUT2D eigenvalue weighted by atomic mass is 9.95. The average molecular weight is 423 g/mol. The van der Waals surface area contributed by atoms with Crippen molar-refractivity contribution in [1.29, 1.82) is 0 Å². The van der Waals surface area contributed by atoms with Gasteiger partial charge < -0.3 is 15.0 Å². The molecule has 0 radical (unpaired) electrons. The second kappa shape index (κ2) is 11.0. The van der Waals surface area contributed by atoms with Gasteiger partial charge in [0.25, 0.3) is 5.91 Å². The van der Waals surface area contributed by atoms with Crippen LogP contribution in [0.25, 0.3) is 0 Å². The number of amides is 2. The molecular weight excluding hydrogens is 388 g/mol. The highest BCUT2D eigenvalue weighted by Gasteiger charge is 2.28. The number of rotatable bonds is 8. The molecule has 1 saturated carbocycles. The van der Waals surface area contributed by atoms with Crippen LogP contribution < -0.4 is 10.1 Å². The smallest absolute Gasteiger partial charge is 0.261 e. The van der Waals surface area contributed by atoms with Gasteiger partial charge in [0.15, 0.2) is 6.61 Å². The lowest BCUT2D eigenvalue weighted by molar-refractivity contribution is -0.142. The molecule has 3 rings (SSSR count). The fraction of sp³-hybridized carbons (Fsp3) is 0.462. The summed E-state index contributed by atoms with van der Waals surface area (Å²) in [6.07, 6.45) is 5.56. The van der Waals surface area contributed by atoms with Crippen LogP contribution in [0, 0.1) is 13.8 Å².